The van der Waals surface area contributed by atoms with E-state index in [1.54, 1.807) is 24.3 Å². The second-order valence-corrected chi connectivity index (χ2v) is 6.38. The Bertz CT molecular complexity index is 646. The molecule has 2 rings (SSSR count). The molecule has 1 aliphatic heterocycles. The van der Waals surface area contributed by atoms with Crippen molar-refractivity contribution in [3.8, 4) is 0 Å². The Kier molecular flexibility index (Phi) is 5.15. The van der Waals surface area contributed by atoms with Crippen molar-refractivity contribution in [2.24, 2.45) is 0 Å². The normalized spacial score (nSPS) is 17.7. The van der Waals surface area contributed by atoms with Crippen LogP contribution in [0, 0.1) is 0 Å². The van der Waals surface area contributed by atoms with Crippen LogP contribution >= 0.6 is 24.0 Å². The highest BCUT2D eigenvalue weighted by Crippen LogP contribution is 2.30. The van der Waals surface area contributed by atoms with Crippen LogP contribution in [0.25, 0.3) is 0 Å². The summed E-state index contributed by atoms with van der Waals surface area (Å²) in [6.07, 6.45) is 0.283. The summed E-state index contributed by atoms with van der Waals surface area (Å²) in [7, 11) is 1.29. The third-order valence-electron chi connectivity index (χ3n) is 3.13. The zero-order chi connectivity index (χ0) is 16.3. The first-order chi connectivity index (χ1) is 10.4. The number of ether oxygens (including phenoxy) is 1. The fourth-order valence-corrected chi connectivity index (χ4v) is 3.63. The Morgan fingerprint density at radius 2 is 2.09 bits per heavy atom. The van der Waals surface area contributed by atoms with E-state index in [-0.39, 0.29) is 16.6 Å². The van der Waals surface area contributed by atoms with Gasteiger partial charge in [-0.15, -0.1) is 0 Å². The van der Waals surface area contributed by atoms with Gasteiger partial charge in [0.05, 0.1) is 17.9 Å². The van der Waals surface area contributed by atoms with Gasteiger partial charge in [0, 0.05) is 0 Å². The number of hydrogen-bond acceptors (Lipinski definition) is 6. The predicted octanol–water partition coefficient (Wildman–Crippen LogP) is 1.33. The number of carboxylic acid groups (broad SMARTS) is 1. The van der Waals surface area contributed by atoms with Crippen LogP contribution in [0.2, 0.25) is 0 Å². The molecule has 6 nitrogen and oxygen atoms in total. The number of thiocarbonyl (C=S) groups is 1. The molecule has 1 amide bonds. The molecule has 1 N–H and O–H groups in total. The second kappa shape index (κ2) is 6.89. The van der Waals surface area contributed by atoms with E-state index in [1.807, 2.05) is 0 Å². The number of benzene rings is 1. The van der Waals surface area contributed by atoms with Gasteiger partial charge in [-0.05, 0) is 18.1 Å². The molecule has 8 heteroatoms. The molecule has 0 radical (unpaired) electrons. The monoisotopic (exact) mass is 339 g/mol. The van der Waals surface area contributed by atoms with E-state index < -0.39 is 23.7 Å². The van der Waals surface area contributed by atoms with Crippen molar-refractivity contribution in [1.82, 2.24) is 4.90 Å². The number of methoxy groups -OCH3 is 1. The highest BCUT2D eigenvalue weighted by atomic mass is 32.2. The lowest BCUT2D eigenvalue weighted by Crippen LogP contribution is -2.36. The van der Waals surface area contributed by atoms with Crippen LogP contribution in [0.5, 0.6) is 0 Å². The quantitative estimate of drug-likeness (QED) is 0.640. The van der Waals surface area contributed by atoms with E-state index in [0.29, 0.717) is 11.1 Å². The molecule has 1 unspecified atom stereocenters. The average molecular weight is 339 g/mol. The number of rotatable bonds is 5. The van der Waals surface area contributed by atoms with Crippen LogP contribution in [0.4, 0.5) is 0 Å². The molecule has 1 atom stereocenters. The summed E-state index contributed by atoms with van der Waals surface area (Å²) in [4.78, 5) is 35.8. The first kappa shape index (κ1) is 16.4. The van der Waals surface area contributed by atoms with E-state index in [2.05, 4.69) is 0 Å². The number of thioether (sulfide) groups is 1. The molecule has 1 aromatic carbocycles. The summed E-state index contributed by atoms with van der Waals surface area (Å²) in [6, 6.07) is 6.83. The topological polar surface area (TPSA) is 83.9 Å². The maximum atomic E-state index is 12.2. The minimum atomic E-state index is -1.12. The van der Waals surface area contributed by atoms with E-state index in [9.17, 15) is 14.4 Å². The summed E-state index contributed by atoms with van der Waals surface area (Å²) >= 11 is 6.19. The molecular weight excluding hydrogens is 326 g/mol. The smallest absolute Gasteiger partial charge is 0.338 e. The summed E-state index contributed by atoms with van der Waals surface area (Å²) in [5.41, 5.74) is 1.06. The van der Waals surface area contributed by atoms with E-state index in [1.165, 1.54) is 7.11 Å². The van der Waals surface area contributed by atoms with Crippen LogP contribution < -0.4 is 0 Å². The molecule has 22 heavy (non-hydrogen) atoms. The number of carbonyl (C=O) groups excluding carboxylic acids is 2. The Morgan fingerprint density at radius 3 is 2.73 bits per heavy atom. The maximum Gasteiger partial charge on any atom is 0.338 e. The van der Waals surface area contributed by atoms with E-state index in [0.717, 1.165) is 16.7 Å². The summed E-state index contributed by atoms with van der Waals surface area (Å²) in [5, 5.41) is 8.28. The number of carboxylic acids is 1. The highest BCUT2D eigenvalue weighted by molar-refractivity contribution is 8.24. The lowest BCUT2D eigenvalue weighted by molar-refractivity contribution is -0.141. The van der Waals surface area contributed by atoms with Crippen LogP contribution in [-0.2, 0) is 20.7 Å². The fraction of sp³-hybridized carbons (Fsp3) is 0.286. The van der Waals surface area contributed by atoms with Gasteiger partial charge in [0.1, 0.15) is 10.9 Å². The Labute approximate surface area is 136 Å². The van der Waals surface area contributed by atoms with Crippen LogP contribution in [0.1, 0.15) is 15.9 Å². The molecular formula is C14H13NO5S2. The zero-order valence-electron chi connectivity index (χ0n) is 11.6. The van der Waals surface area contributed by atoms with Crippen molar-refractivity contribution in [3.63, 3.8) is 0 Å². The van der Waals surface area contributed by atoms with Gasteiger partial charge in [-0.25, -0.2) is 4.79 Å². The summed E-state index contributed by atoms with van der Waals surface area (Å²) in [5.74, 6) is -1.94. The Morgan fingerprint density at radius 1 is 1.41 bits per heavy atom. The van der Waals surface area contributed by atoms with Crippen molar-refractivity contribution >= 4 is 46.1 Å². The highest BCUT2D eigenvalue weighted by Gasteiger charge is 2.38. The molecule has 1 heterocycles. The van der Waals surface area contributed by atoms with Crippen LogP contribution in [0.3, 0.4) is 0 Å². The van der Waals surface area contributed by atoms with Crippen LogP contribution in [0.15, 0.2) is 24.3 Å². The van der Waals surface area contributed by atoms with Gasteiger partial charge < -0.3 is 9.84 Å². The fourth-order valence-electron chi connectivity index (χ4n) is 2.11. The molecule has 1 saturated heterocycles. The van der Waals surface area contributed by atoms with Crippen molar-refractivity contribution < 1.29 is 24.2 Å². The number of hydrogen-bond donors (Lipinski definition) is 1. The largest absolute Gasteiger partial charge is 0.480 e. The zero-order valence-corrected chi connectivity index (χ0v) is 13.3. The van der Waals surface area contributed by atoms with Gasteiger partial charge in [-0.1, -0.05) is 42.2 Å². The molecule has 0 aliphatic carbocycles. The molecule has 116 valence electrons. The summed E-state index contributed by atoms with van der Waals surface area (Å²) < 4.78 is 4.96. The van der Waals surface area contributed by atoms with Crippen LogP contribution in [-0.4, -0.2) is 51.1 Å². The molecule has 0 bridgehead atoms. The standard InChI is InChI=1S/C14H13NO5S2/c1-20-13(19)9-5-3-2-4-8(9)6-10-12(18)15(7-11(16)17)14(21)22-10/h2-5,10H,6-7H2,1H3,(H,16,17). The molecule has 0 aromatic heterocycles. The minimum Gasteiger partial charge on any atom is -0.480 e. The molecule has 1 fully saturated rings. The third kappa shape index (κ3) is 3.45. The minimum absolute atomic E-state index is 0.243. The van der Waals surface area contributed by atoms with Gasteiger partial charge in [0.15, 0.2) is 0 Å². The van der Waals surface area contributed by atoms with E-state index >= 15 is 0 Å². The van der Waals surface area contributed by atoms with Gasteiger partial charge in [-0.2, -0.15) is 0 Å². The Balaban J connectivity index is 2.19. The first-order valence-electron chi connectivity index (χ1n) is 6.34. The molecule has 0 saturated carbocycles. The molecule has 1 aliphatic rings. The SMILES string of the molecule is COC(=O)c1ccccc1CC1SC(=S)N(CC(=O)O)C1=O. The van der Waals surface area contributed by atoms with Crippen molar-refractivity contribution in [3.05, 3.63) is 35.4 Å². The number of nitrogens with zero attached hydrogens (tertiary/aromatic N) is 1. The number of amides is 1. The van der Waals surface area contributed by atoms with Crippen molar-refractivity contribution in [2.75, 3.05) is 13.7 Å². The van der Waals surface area contributed by atoms with Gasteiger partial charge >= 0.3 is 11.9 Å². The number of esters is 1. The van der Waals surface area contributed by atoms with Gasteiger partial charge in [0.2, 0.25) is 5.91 Å². The molecule has 1 aromatic rings. The lowest BCUT2D eigenvalue weighted by atomic mass is 10.0. The van der Waals surface area contributed by atoms with E-state index in [4.69, 9.17) is 22.1 Å². The van der Waals surface area contributed by atoms with Gasteiger partial charge in [0.25, 0.3) is 0 Å². The first-order valence-corrected chi connectivity index (χ1v) is 7.63. The predicted molar refractivity (Wildman–Crippen MR) is 84.8 cm³/mol. The summed E-state index contributed by atoms with van der Waals surface area (Å²) in [6.45, 7) is -0.445. The maximum absolute atomic E-state index is 12.2. The Hall–Kier alpha value is -1.93. The number of aliphatic carboxylic acids is 1. The third-order valence-corrected chi connectivity index (χ3v) is 4.71. The van der Waals surface area contributed by atoms with Crippen molar-refractivity contribution in [2.45, 2.75) is 11.7 Å². The number of carbonyl (C=O) groups is 3. The lowest BCUT2D eigenvalue weighted by Gasteiger charge is -2.13. The second-order valence-electron chi connectivity index (χ2n) is 4.54. The van der Waals surface area contributed by atoms with Crippen molar-refractivity contribution in [1.29, 1.82) is 0 Å². The average Bonchev–Trinajstić information content (AvgIpc) is 2.74. The van der Waals surface area contributed by atoms with Gasteiger partial charge in [-0.3, -0.25) is 14.5 Å². The molecule has 0 spiro atoms.